The highest BCUT2D eigenvalue weighted by atomic mass is 16.5. The van der Waals surface area contributed by atoms with Crippen LogP contribution in [0.3, 0.4) is 0 Å². The fourth-order valence-electron chi connectivity index (χ4n) is 3.41. The smallest absolute Gasteiger partial charge is 0.226 e. The topological polar surface area (TPSA) is 67.4 Å². The summed E-state index contributed by atoms with van der Waals surface area (Å²) >= 11 is 0. The Hall–Kier alpha value is -1.69. The third-order valence-corrected chi connectivity index (χ3v) is 4.78. The molecule has 3 atom stereocenters. The van der Waals surface area contributed by atoms with E-state index < -0.39 is 0 Å². The van der Waals surface area contributed by atoms with Crippen LogP contribution in [0.2, 0.25) is 0 Å². The molecule has 0 unspecified atom stereocenters. The Kier molecular flexibility index (Phi) is 3.25. The lowest BCUT2D eigenvalue weighted by atomic mass is 9.91. The van der Waals surface area contributed by atoms with Gasteiger partial charge in [0, 0.05) is 31.5 Å². The largest absolute Gasteiger partial charge is 0.370 e. The minimum absolute atomic E-state index is 0.0238. The van der Waals surface area contributed by atoms with Crippen LogP contribution in [-0.4, -0.2) is 47.2 Å². The molecule has 1 amide bonds. The van der Waals surface area contributed by atoms with Gasteiger partial charge in [0.2, 0.25) is 11.9 Å². The summed E-state index contributed by atoms with van der Waals surface area (Å²) in [5, 5.41) is 3.16. The van der Waals surface area contributed by atoms with E-state index in [9.17, 15) is 4.79 Å². The molecule has 0 spiro atoms. The van der Waals surface area contributed by atoms with Crippen LogP contribution in [0.5, 0.6) is 0 Å². The molecule has 21 heavy (non-hydrogen) atoms. The molecule has 6 heteroatoms. The number of hydrogen-bond acceptors (Lipinski definition) is 5. The van der Waals surface area contributed by atoms with Crippen LogP contribution in [-0.2, 0) is 9.53 Å². The number of nitrogens with one attached hydrogen (secondary N) is 1. The van der Waals surface area contributed by atoms with Gasteiger partial charge in [0.05, 0.1) is 18.1 Å². The normalized spacial score (nSPS) is 31.8. The summed E-state index contributed by atoms with van der Waals surface area (Å²) in [5.41, 5.74) is 0. The minimum atomic E-state index is -0.0346. The number of amides is 1. The Morgan fingerprint density at radius 1 is 1.29 bits per heavy atom. The first-order valence-electron chi connectivity index (χ1n) is 7.77. The van der Waals surface area contributed by atoms with E-state index in [1.54, 1.807) is 12.4 Å². The van der Waals surface area contributed by atoms with E-state index in [1.807, 2.05) is 6.07 Å². The number of morpholine rings is 1. The number of ether oxygens (including phenoxy) is 1. The number of carbonyl (C=O) groups excluding carboxylic acids is 1. The Bertz CT molecular complexity index is 520. The molecule has 3 fully saturated rings. The van der Waals surface area contributed by atoms with Gasteiger partial charge in [-0.3, -0.25) is 4.79 Å². The van der Waals surface area contributed by atoms with Crippen molar-refractivity contribution in [3.63, 3.8) is 0 Å². The van der Waals surface area contributed by atoms with Gasteiger partial charge in [-0.15, -0.1) is 0 Å². The lowest BCUT2D eigenvalue weighted by Crippen LogP contribution is -2.48. The van der Waals surface area contributed by atoms with Crippen molar-refractivity contribution in [2.45, 2.75) is 43.9 Å². The average Bonchev–Trinajstić information content (AvgIpc) is 2.78. The molecule has 0 radical (unpaired) electrons. The predicted octanol–water partition coefficient (Wildman–Crippen LogP) is 0.739. The summed E-state index contributed by atoms with van der Waals surface area (Å²) < 4.78 is 5.96. The fourth-order valence-corrected chi connectivity index (χ4v) is 3.41. The minimum Gasteiger partial charge on any atom is -0.370 e. The third-order valence-electron chi connectivity index (χ3n) is 4.78. The summed E-state index contributed by atoms with van der Waals surface area (Å²) in [6.07, 6.45) is 7.87. The number of anilines is 1. The molecule has 3 aliphatic rings. The van der Waals surface area contributed by atoms with Crippen molar-refractivity contribution in [2.24, 2.45) is 5.92 Å². The number of hydrogen-bond donors (Lipinski definition) is 1. The van der Waals surface area contributed by atoms with Crippen molar-refractivity contribution in [3.8, 4) is 0 Å². The van der Waals surface area contributed by atoms with Gasteiger partial charge in [-0.1, -0.05) is 0 Å². The number of nitrogens with zero attached hydrogens (tertiary/aromatic N) is 3. The van der Waals surface area contributed by atoms with E-state index in [4.69, 9.17) is 4.74 Å². The Morgan fingerprint density at radius 3 is 2.81 bits per heavy atom. The summed E-state index contributed by atoms with van der Waals surface area (Å²) in [5.74, 6) is 0.878. The zero-order valence-corrected chi connectivity index (χ0v) is 11.9. The van der Waals surface area contributed by atoms with Crippen LogP contribution in [0.25, 0.3) is 0 Å². The SMILES string of the molecule is O=C(NC1CCC1)[C@@H]1C[C@H]2CN(c3ncccn3)C[C@@H]1O2. The standard InChI is InChI=1S/C15H20N4O2/c20-14(18-10-3-1-4-10)12-7-11-8-19(9-13(12)21-11)15-16-5-2-6-17-15/h2,5-6,10-13H,1,3-4,7-9H2,(H,18,20)/t11-,12+,13-/m0/s1. The number of rotatable bonds is 3. The molecule has 1 aromatic heterocycles. The van der Waals surface area contributed by atoms with Crippen LogP contribution in [0.4, 0.5) is 5.95 Å². The maximum atomic E-state index is 12.4. The van der Waals surface area contributed by atoms with E-state index in [-0.39, 0.29) is 24.0 Å². The molecule has 1 saturated carbocycles. The highest BCUT2D eigenvalue weighted by Gasteiger charge is 2.45. The lowest BCUT2D eigenvalue weighted by Gasteiger charge is -2.33. The van der Waals surface area contributed by atoms with E-state index >= 15 is 0 Å². The Balaban J connectivity index is 1.43. The number of fused-ring (bicyclic) bond motifs is 2. The zero-order valence-electron chi connectivity index (χ0n) is 11.9. The van der Waals surface area contributed by atoms with Gasteiger partial charge in [-0.05, 0) is 31.7 Å². The second kappa shape index (κ2) is 5.26. The summed E-state index contributed by atoms with van der Waals surface area (Å²) in [6.45, 7) is 1.47. The van der Waals surface area contributed by atoms with E-state index in [2.05, 4.69) is 20.2 Å². The first-order chi connectivity index (χ1) is 10.3. The lowest BCUT2D eigenvalue weighted by molar-refractivity contribution is -0.128. The molecule has 112 valence electrons. The van der Waals surface area contributed by atoms with Crippen molar-refractivity contribution in [1.82, 2.24) is 15.3 Å². The first-order valence-corrected chi connectivity index (χ1v) is 7.77. The van der Waals surface area contributed by atoms with Crippen LogP contribution in [0.1, 0.15) is 25.7 Å². The van der Waals surface area contributed by atoms with Crippen LogP contribution < -0.4 is 10.2 Å². The second-order valence-electron chi connectivity index (χ2n) is 6.23. The number of carbonyl (C=O) groups is 1. The Morgan fingerprint density at radius 2 is 2.10 bits per heavy atom. The monoisotopic (exact) mass is 288 g/mol. The Labute approximate surface area is 123 Å². The molecule has 1 aromatic rings. The van der Waals surface area contributed by atoms with Gasteiger partial charge >= 0.3 is 0 Å². The molecule has 1 aliphatic carbocycles. The second-order valence-corrected chi connectivity index (χ2v) is 6.23. The van der Waals surface area contributed by atoms with Gasteiger partial charge in [-0.25, -0.2) is 9.97 Å². The highest BCUT2D eigenvalue weighted by Crippen LogP contribution is 2.33. The average molecular weight is 288 g/mol. The van der Waals surface area contributed by atoms with Gasteiger partial charge in [-0.2, -0.15) is 0 Å². The molecule has 1 N–H and O–H groups in total. The molecule has 3 heterocycles. The molecule has 2 bridgehead atoms. The van der Waals surface area contributed by atoms with Crippen LogP contribution in [0, 0.1) is 5.92 Å². The molecule has 2 saturated heterocycles. The molecule has 2 aliphatic heterocycles. The molecule has 0 aromatic carbocycles. The third kappa shape index (κ3) is 2.48. The fraction of sp³-hybridized carbons (Fsp3) is 0.667. The summed E-state index contributed by atoms with van der Waals surface area (Å²) in [6, 6.07) is 2.21. The molecule has 6 nitrogen and oxygen atoms in total. The predicted molar refractivity (Wildman–Crippen MR) is 76.8 cm³/mol. The molecular weight excluding hydrogens is 268 g/mol. The van der Waals surface area contributed by atoms with Crippen molar-refractivity contribution in [2.75, 3.05) is 18.0 Å². The van der Waals surface area contributed by atoms with E-state index in [1.165, 1.54) is 6.42 Å². The maximum absolute atomic E-state index is 12.4. The van der Waals surface area contributed by atoms with Gasteiger partial charge in [0.25, 0.3) is 0 Å². The van der Waals surface area contributed by atoms with E-state index in [0.717, 1.165) is 31.8 Å². The molecule has 4 rings (SSSR count). The van der Waals surface area contributed by atoms with E-state index in [0.29, 0.717) is 12.6 Å². The van der Waals surface area contributed by atoms with Crippen molar-refractivity contribution >= 4 is 11.9 Å². The van der Waals surface area contributed by atoms with Gasteiger partial charge < -0.3 is 15.0 Å². The first kappa shape index (κ1) is 13.0. The zero-order chi connectivity index (χ0) is 14.2. The summed E-state index contributed by atoms with van der Waals surface area (Å²) in [4.78, 5) is 23.1. The van der Waals surface area contributed by atoms with Crippen molar-refractivity contribution in [1.29, 1.82) is 0 Å². The van der Waals surface area contributed by atoms with Crippen LogP contribution in [0.15, 0.2) is 18.5 Å². The quantitative estimate of drug-likeness (QED) is 0.888. The maximum Gasteiger partial charge on any atom is 0.226 e. The van der Waals surface area contributed by atoms with Crippen LogP contribution >= 0.6 is 0 Å². The van der Waals surface area contributed by atoms with Crippen molar-refractivity contribution < 1.29 is 9.53 Å². The molecular formula is C15H20N4O2. The van der Waals surface area contributed by atoms with Crippen molar-refractivity contribution in [3.05, 3.63) is 18.5 Å². The highest BCUT2D eigenvalue weighted by molar-refractivity contribution is 5.80. The van der Waals surface area contributed by atoms with Gasteiger partial charge in [0.1, 0.15) is 0 Å². The number of aromatic nitrogens is 2. The summed E-state index contributed by atoms with van der Waals surface area (Å²) in [7, 11) is 0. The van der Waals surface area contributed by atoms with Gasteiger partial charge in [0.15, 0.2) is 0 Å².